The Morgan fingerprint density at radius 2 is 2.04 bits per heavy atom. The summed E-state index contributed by atoms with van der Waals surface area (Å²) >= 11 is 0. The van der Waals surface area contributed by atoms with E-state index in [1.54, 1.807) is 0 Å². The standard InChI is InChI=1S/C18H15FN6O3/c1-10(2)15-13(7-20-18-21-9-22-25(15)18)17(26)27-8-14-23-16(28-24-14)11-3-5-12(19)6-4-11/h3-7,9-10H,8H2,1-2H3. The topological polar surface area (TPSA) is 108 Å². The molecular weight excluding hydrogens is 367 g/mol. The van der Waals surface area contributed by atoms with Crippen LogP contribution in [0.25, 0.3) is 17.2 Å². The summed E-state index contributed by atoms with van der Waals surface area (Å²) in [5.41, 5.74) is 1.50. The van der Waals surface area contributed by atoms with Crippen LogP contribution in [0.2, 0.25) is 0 Å². The van der Waals surface area contributed by atoms with Gasteiger partial charge >= 0.3 is 5.97 Å². The number of ether oxygens (including phenoxy) is 1. The molecular formula is C18H15FN6O3. The van der Waals surface area contributed by atoms with Crippen molar-refractivity contribution < 1.29 is 18.4 Å². The highest BCUT2D eigenvalue weighted by Gasteiger charge is 2.21. The first-order valence-corrected chi connectivity index (χ1v) is 8.47. The zero-order valence-electron chi connectivity index (χ0n) is 15.0. The minimum atomic E-state index is -0.582. The lowest BCUT2D eigenvalue weighted by Crippen LogP contribution is -2.15. The molecule has 4 aromatic rings. The van der Waals surface area contributed by atoms with Gasteiger partial charge < -0.3 is 9.26 Å². The van der Waals surface area contributed by atoms with Gasteiger partial charge in [0.1, 0.15) is 12.1 Å². The molecule has 10 heteroatoms. The average molecular weight is 382 g/mol. The van der Waals surface area contributed by atoms with Crippen molar-refractivity contribution in [3.8, 4) is 11.5 Å². The number of carbonyl (C=O) groups excluding carboxylic acids is 1. The SMILES string of the molecule is CC(C)c1c(C(=O)OCc2noc(-c3ccc(F)cc3)n2)cnc2ncnn12. The van der Waals surface area contributed by atoms with E-state index in [4.69, 9.17) is 9.26 Å². The molecule has 9 nitrogen and oxygen atoms in total. The highest BCUT2D eigenvalue weighted by molar-refractivity contribution is 5.90. The largest absolute Gasteiger partial charge is 0.454 e. The predicted octanol–water partition coefficient (Wildman–Crippen LogP) is 2.79. The zero-order chi connectivity index (χ0) is 19.7. The molecule has 0 radical (unpaired) electrons. The molecule has 0 atom stereocenters. The van der Waals surface area contributed by atoms with E-state index in [2.05, 4.69) is 25.2 Å². The number of carbonyl (C=O) groups is 1. The van der Waals surface area contributed by atoms with E-state index < -0.39 is 5.97 Å². The van der Waals surface area contributed by atoms with Crippen molar-refractivity contribution in [1.82, 2.24) is 29.7 Å². The number of esters is 1. The van der Waals surface area contributed by atoms with Crippen molar-refractivity contribution in [2.75, 3.05) is 0 Å². The van der Waals surface area contributed by atoms with Crippen LogP contribution in [0.15, 0.2) is 41.3 Å². The van der Waals surface area contributed by atoms with Gasteiger partial charge in [-0.2, -0.15) is 15.1 Å². The maximum absolute atomic E-state index is 13.0. The van der Waals surface area contributed by atoms with Crippen molar-refractivity contribution in [2.45, 2.75) is 26.4 Å². The monoisotopic (exact) mass is 382 g/mol. The Morgan fingerprint density at radius 3 is 2.79 bits per heavy atom. The number of hydrogen-bond acceptors (Lipinski definition) is 8. The summed E-state index contributed by atoms with van der Waals surface area (Å²) in [7, 11) is 0. The van der Waals surface area contributed by atoms with E-state index in [9.17, 15) is 9.18 Å². The molecule has 0 N–H and O–H groups in total. The zero-order valence-corrected chi connectivity index (χ0v) is 15.0. The van der Waals surface area contributed by atoms with Gasteiger partial charge in [-0.25, -0.2) is 18.7 Å². The quantitative estimate of drug-likeness (QED) is 0.485. The van der Waals surface area contributed by atoms with Gasteiger partial charge in [0.05, 0.1) is 11.3 Å². The Hall–Kier alpha value is -3.69. The molecule has 3 heterocycles. The van der Waals surface area contributed by atoms with Crippen molar-refractivity contribution in [2.24, 2.45) is 0 Å². The highest BCUT2D eigenvalue weighted by atomic mass is 19.1. The number of aromatic nitrogens is 6. The molecule has 3 aromatic heterocycles. The smallest absolute Gasteiger partial charge is 0.342 e. The van der Waals surface area contributed by atoms with Crippen LogP contribution in [0.1, 0.15) is 41.6 Å². The second kappa shape index (κ2) is 7.14. The molecule has 0 fully saturated rings. The molecule has 0 aliphatic heterocycles. The number of nitrogens with zero attached hydrogens (tertiary/aromatic N) is 6. The molecule has 0 spiro atoms. The van der Waals surface area contributed by atoms with Crippen LogP contribution in [-0.2, 0) is 11.3 Å². The molecule has 1 aromatic carbocycles. The summed E-state index contributed by atoms with van der Waals surface area (Å²) in [6.45, 7) is 3.68. The third kappa shape index (κ3) is 3.31. The van der Waals surface area contributed by atoms with Crippen LogP contribution in [-0.4, -0.2) is 35.7 Å². The van der Waals surface area contributed by atoms with Gasteiger partial charge in [-0.3, -0.25) is 0 Å². The maximum Gasteiger partial charge on any atom is 0.342 e. The van der Waals surface area contributed by atoms with Gasteiger partial charge in [0, 0.05) is 11.8 Å². The highest BCUT2D eigenvalue weighted by Crippen LogP contribution is 2.21. The van der Waals surface area contributed by atoms with E-state index >= 15 is 0 Å². The van der Waals surface area contributed by atoms with Crippen LogP contribution >= 0.6 is 0 Å². The number of halogens is 1. The second-order valence-electron chi connectivity index (χ2n) is 6.28. The second-order valence-corrected chi connectivity index (χ2v) is 6.28. The fourth-order valence-electron chi connectivity index (χ4n) is 2.74. The molecule has 0 aliphatic rings. The van der Waals surface area contributed by atoms with Crippen LogP contribution in [0.5, 0.6) is 0 Å². The van der Waals surface area contributed by atoms with Crippen LogP contribution in [0, 0.1) is 5.82 Å². The number of benzene rings is 1. The van der Waals surface area contributed by atoms with E-state index in [1.807, 2.05) is 13.8 Å². The van der Waals surface area contributed by atoms with E-state index in [0.29, 0.717) is 17.0 Å². The van der Waals surface area contributed by atoms with Crippen molar-refractivity contribution in [3.63, 3.8) is 0 Å². The van der Waals surface area contributed by atoms with Crippen LogP contribution < -0.4 is 0 Å². The first kappa shape index (κ1) is 17.7. The first-order valence-electron chi connectivity index (χ1n) is 8.47. The van der Waals surface area contributed by atoms with Crippen molar-refractivity contribution in [3.05, 3.63) is 59.7 Å². The third-order valence-electron chi connectivity index (χ3n) is 4.00. The van der Waals surface area contributed by atoms with E-state index in [1.165, 1.54) is 41.3 Å². The summed E-state index contributed by atoms with van der Waals surface area (Å²) in [5, 5.41) is 7.89. The van der Waals surface area contributed by atoms with Gasteiger partial charge in [-0.15, -0.1) is 0 Å². The number of hydrogen-bond donors (Lipinski definition) is 0. The Balaban J connectivity index is 1.51. The summed E-state index contributed by atoms with van der Waals surface area (Å²) in [6.07, 6.45) is 2.79. The van der Waals surface area contributed by atoms with Gasteiger partial charge in [0.15, 0.2) is 6.61 Å². The van der Waals surface area contributed by atoms with Gasteiger partial charge in [0.25, 0.3) is 11.7 Å². The Kier molecular flexibility index (Phi) is 4.52. The van der Waals surface area contributed by atoms with Gasteiger partial charge in [-0.05, 0) is 30.2 Å². The molecule has 4 rings (SSSR count). The van der Waals surface area contributed by atoms with Crippen LogP contribution in [0.4, 0.5) is 4.39 Å². The van der Waals surface area contributed by atoms with Gasteiger partial charge in [-0.1, -0.05) is 19.0 Å². The molecule has 0 unspecified atom stereocenters. The maximum atomic E-state index is 13.0. The fraction of sp³-hybridized carbons (Fsp3) is 0.222. The fourth-order valence-corrected chi connectivity index (χ4v) is 2.74. The third-order valence-corrected chi connectivity index (χ3v) is 4.00. The first-order chi connectivity index (χ1) is 13.5. The normalized spacial score (nSPS) is 11.3. The molecule has 0 saturated carbocycles. The Bertz CT molecular complexity index is 1140. The summed E-state index contributed by atoms with van der Waals surface area (Å²) < 4.78 is 25.0. The van der Waals surface area contributed by atoms with E-state index in [0.717, 1.165) is 0 Å². The minimum Gasteiger partial charge on any atom is -0.454 e. The van der Waals surface area contributed by atoms with E-state index in [-0.39, 0.29) is 35.6 Å². The molecule has 0 bridgehead atoms. The number of rotatable bonds is 5. The molecule has 0 aliphatic carbocycles. The molecule has 0 amide bonds. The summed E-state index contributed by atoms with van der Waals surface area (Å²) in [5.74, 6) is -0.154. The lowest BCUT2D eigenvalue weighted by Gasteiger charge is -2.12. The van der Waals surface area contributed by atoms with Crippen molar-refractivity contribution >= 4 is 11.7 Å². The molecule has 28 heavy (non-hydrogen) atoms. The lowest BCUT2D eigenvalue weighted by molar-refractivity contribution is 0.0456. The minimum absolute atomic E-state index is 0.00926. The average Bonchev–Trinajstić information content (AvgIpc) is 3.35. The Morgan fingerprint density at radius 1 is 1.25 bits per heavy atom. The summed E-state index contributed by atoms with van der Waals surface area (Å²) in [6, 6.07) is 5.62. The Labute approximate surface area is 158 Å². The van der Waals surface area contributed by atoms with Crippen molar-refractivity contribution in [1.29, 1.82) is 0 Å². The molecule has 0 saturated heterocycles. The lowest BCUT2D eigenvalue weighted by atomic mass is 10.1. The van der Waals surface area contributed by atoms with Crippen LogP contribution in [0.3, 0.4) is 0 Å². The summed E-state index contributed by atoms with van der Waals surface area (Å²) in [4.78, 5) is 24.9. The predicted molar refractivity (Wildman–Crippen MR) is 93.7 cm³/mol. The molecule has 142 valence electrons. The van der Waals surface area contributed by atoms with Gasteiger partial charge in [0.2, 0.25) is 5.82 Å². The number of fused-ring (bicyclic) bond motifs is 1.